The summed E-state index contributed by atoms with van der Waals surface area (Å²) in [5.74, 6) is -0.198. The van der Waals surface area contributed by atoms with Gasteiger partial charge in [0, 0.05) is 26.2 Å². The molecule has 0 saturated carbocycles. The first-order chi connectivity index (χ1) is 10.3. The maximum Gasteiger partial charge on any atom is 0.146 e. The number of H-pyrrole nitrogens is 1. The number of imidazole rings is 1. The van der Waals surface area contributed by atoms with E-state index in [1.807, 2.05) is 11.0 Å². The number of benzene rings is 1. The fraction of sp³-hybridized carbons (Fsp3) is 0.333. The van der Waals surface area contributed by atoms with Crippen molar-refractivity contribution >= 4 is 5.69 Å². The van der Waals surface area contributed by atoms with E-state index in [4.69, 9.17) is 0 Å². The highest BCUT2D eigenvalue weighted by molar-refractivity contribution is 5.48. The Bertz CT molecular complexity index is 626. The van der Waals surface area contributed by atoms with Gasteiger partial charge in [-0.3, -0.25) is 4.90 Å². The van der Waals surface area contributed by atoms with Crippen LogP contribution in [0.2, 0.25) is 0 Å². The van der Waals surface area contributed by atoms with E-state index in [-0.39, 0.29) is 11.9 Å². The largest absolute Gasteiger partial charge is 0.367 e. The van der Waals surface area contributed by atoms with Gasteiger partial charge in [-0.05, 0) is 12.1 Å². The first-order valence-electron chi connectivity index (χ1n) is 6.91. The minimum atomic E-state index is -0.324. The van der Waals surface area contributed by atoms with Crippen LogP contribution in [0.15, 0.2) is 36.8 Å². The topological polar surface area (TPSA) is 59.0 Å². The summed E-state index contributed by atoms with van der Waals surface area (Å²) in [6, 6.07) is 8.78. The third kappa shape index (κ3) is 2.73. The molecule has 0 amide bonds. The zero-order chi connectivity index (χ0) is 14.7. The van der Waals surface area contributed by atoms with Gasteiger partial charge in [0.25, 0.3) is 0 Å². The van der Waals surface area contributed by atoms with Crippen LogP contribution >= 0.6 is 0 Å². The minimum Gasteiger partial charge on any atom is -0.367 e. The lowest BCUT2D eigenvalue weighted by Gasteiger charge is -2.37. The zero-order valence-corrected chi connectivity index (χ0v) is 11.5. The Kier molecular flexibility index (Phi) is 3.84. The molecule has 0 bridgehead atoms. The summed E-state index contributed by atoms with van der Waals surface area (Å²) in [6.45, 7) is 2.83. The van der Waals surface area contributed by atoms with E-state index >= 15 is 0 Å². The third-order valence-corrected chi connectivity index (χ3v) is 3.81. The van der Waals surface area contributed by atoms with Gasteiger partial charge >= 0.3 is 0 Å². The quantitative estimate of drug-likeness (QED) is 0.936. The van der Waals surface area contributed by atoms with Gasteiger partial charge in [0.05, 0.1) is 30.0 Å². The van der Waals surface area contributed by atoms with Crippen LogP contribution in [0.5, 0.6) is 0 Å². The molecular formula is C15H16FN5. The molecule has 1 atom stereocenters. The SMILES string of the molecule is N#CC(c1cnc[nH]1)N1CCN(c2ccccc2F)CC1. The maximum absolute atomic E-state index is 13.8. The molecule has 3 rings (SSSR count). The molecule has 1 aromatic heterocycles. The Morgan fingerprint density at radius 1 is 1.24 bits per heavy atom. The second-order valence-electron chi connectivity index (χ2n) is 5.01. The Hall–Kier alpha value is -2.39. The highest BCUT2D eigenvalue weighted by Crippen LogP contribution is 2.24. The van der Waals surface area contributed by atoms with Crippen LogP contribution in [0, 0.1) is 17.1 Å². The number of hydrogen-bond acceptors (Lipinski definition) is 4. The molecule has 21 heavy (non-hydrogen) atoms. The number of nitrogens with one attached hydrogen (secondary N) is 1. The van der Waals surface area contributed by atoms with E-state index in [0.29, 0.717) is 31.9 Å². The number of aromatic amines is 1. The number of rotatable bonds is 3. The minimum absolute atomic E-state index is 0.198. The maximum atomic E-state index is 13.8. The van der Waals surface area contributed by atoms with Crippen molar-refractivity contribution in [2.24, 2.45) is 0 Å². The molecule has 1 unspecified atom stereocenters. The lowest BCUT2D eigenvalue weighted by Crippen LogP contribution is -2.47. The molecule has 1 N–H and O–H groups in total. The van der Waals surface area contributed by atoms with Crippen molar-refractivity contribution in [3.05, 3.63) is 48.3 Å². The highest BCUT2D eigenvalue weighted by atomic mass is 19.1. The van der Waals surface area contributed by atoms with Gasteiger partial charge in [0.1, 0.15) is 11.9 Å². The molecule has 0 radical (unpaired) electrons. The fourth-order valence-electron chi connectivity index (χ4n) is 2.69. The summed E-state index contributed by atoms with van der Waals surface area (Å²) in [5.41, 5.74) is 1.43. The van der Waals surface area contributed by atoms with E-state index in [0.717, 1.165) is 5.69 Å². The lowest BCUT2D eigenvalue weighted by atomic mass is 10.1. The number of nitriles is 1. The second-order valence-corrected chi connectivity index (χ2v) is 5.01. The Labute approximate surface area is 122 Å². The normalized spacial score (nSPS) is 17.4. The van der Waals surface area contributed by atoms with E-state index in [1.54, 1.807) is 24.7 Å². The molecular weight excluding hydrogens is 269 g/mol. The molecule has 1 fully saturated rings. The molecule has 2 heterocycles. The molecule has 108 valence electrons. The summed E-state index contributed by atoms with van der Waals surface area (Å²) in [4.78, 5) is 11.1. The van der Waals surface area contributed by atoms with E-state index in [1.165, 1.54) is 6.07 Å². The molecule has 2 aromatic rings. The average molecular weight is 285 g/mol. The van der Waals surface area contributed by atoms with E-state index in [2.05, 4.69) is 20.9 Å². The van der Waals surface area contributed by atoms with Crippen molar-refractivity contribution in [1.82, 2.24) is 14.9 Å². The summed E-state index contributed by atoms with van der Waals surface area (Å²) >= 11 is 0. The van der Waals surface area contributed by atoms with Crippen LogP contribution in [0.1, 0.15) is 11.7 Å². The standard InChI is InChI=1S/C15H16FN5/c16-12-3-1-2-4-14(12)20-5-7-21(8-6-20)15(9-17)13-10-18-11-19-13/h1-4,10-11,15H,5-8H2,(H,18,19). The van der Waals surface area contributed by atoms with Gasteiger partial charge in [0.2, 0.25) is 0 Å². The summed E-state index contributed by atoms with van der Waals surface area (Å²) < 4.78 is 13.8. The molecule has 1 aliphatic heterocycles. The zero-order valence-electron chi connectivity index (χ0n) is 11.5. The fourth-order valence-corrected chi connectivity index (χ4v) is 2.69. The number of piperazine rings is 1. The van der Waals surface area contributed by atoms with Gasteiger partial charge in [-0.1, -0.05) is 12.1 Å². The Morgan fingerprint density at radius 2 is 2.00 bits per heavy atom. The summed E-state index contributed by atoms with van der Waals surface area (Å²) in [6.07, 6.45) is 3.26. The van der Waals surface area contributed by atoms with E-state index < -0.39 is 0 Å². The van der Waals surface area contributed by atoms with Crippen molar-refractivity contribution in [2.45, 2.75) is 6.04 Å². The second kappa shape index (κ2) is 5.94. The van der Waals surface area contributed by atoms with Gasteiger partial charge in [-0.15, -0.1) is 0 Å². The van der Waals surface area contributed by atoms with Crippen molar-refractivity contribution in [1.29, 1.82) is 5.26 Å². The number of para-hydroxylation sites is 1. The van der Waals surface area contributed by atoms with Crippen LogP contribution in [-0.4, -0.2) is 41.0 Å². The van der Waals surface area contributed by atoms with E-state index in [9.17, 15) is 9.65 Å². The van der Waals surface area contributed by atoms with Gasteiger partial charge in [-0.25, -0.2) is 9.37 Å². The molecule has 1 saturated heterocycles. The molecule has 6 heteroatoms. The summed E-state index contributed by atoms with van der Waals surface area (Å²) in [5, 5.41) is 9.36. The molecule has 1 aromatic carbocycles. The monoisotopic (exact) mass is 285 g/mol. The van der Waals surface area contributed by atoms with Crippen LogP contribution in [0.25, 0.3) is 0 Å². The molecule has 0 aliphatic carbocycles. The van der Waals surface area contributed by atoms with Crippen LogP contribution in [-0.2, 0) is 0 Å². The lowest BCUT2D eigenvalue weighted by molar-refractivity contribution is 0.219. The average Bonchev–Trinajstić information content (AvgIpc) is 3.04. The Morgan fingerprint density at radius 3 is 2.62 bits per heavy atom. The summed E-state index contributed by atoms with van der Waals surface area (Å²) in [7, 11) is 0. The van der Waals surface area contributed by atoms with Crippen molar-refractivity contribution in [3.63, 3.8) is 0 Å². The third-order valence-electron chi connectivity index (χ3n) is 3.81. The first-order valence-corrected chi connectivity index (χ1v) is 6.91. The number of hydrogen-bond donors (Lipinski definition) is 1. The Balaban J connectivity index is 1.68. The van der Waals surface area contributed by atoms with Crippen LogP contribution < -0.4 is 4.90 Å². The number of aromatic nitrogens is 2. The molecule has 5 nitrogen and oxygen atoms in total. The first kappa shape index (κ1) is 13.6. The number of halogens is 1. The van der Waals surface area contributed by atoms with Crippen LogP contribution in [0.4, 0.5) is 10.1 Å². The van der Waals surface area contributed by atoms with Crippen LogP contribution in [0.3, 0.4) is 0 Å². The predicted molar refractivity (Wildman–Crippen MR) is 77.1 cm³/mol. The highest BCUT2D eigenvalue weighted by Gasteiger charge is 2.26. The predicted octanol–water partition coefficient (Wildman–Crippen LogP) is 1.94. The van der Waals surface area contributed by atoms with Crippen molar-refractivity contribution in [3.8, 4) is 6.07 Å². The molecule has 1 aliphatic rings. The molecule has 0 spiro atoms. The van der Waals surface area contributed by atoms with Gasteiger partial charge in [0.15, 0.2) is 0 Å². The smallest absolute Gasteiger partial charge is 0.146 e. The van der Waals surface area contributed by atoms with Gasteiger partial charge < -0.3 is 9.88 Å². The number of nitrogens with zero attached hydrogens (tertiary/aromatic N) is 4. The van der Waals surface area contributed by atoms with Gasteiger partial charge in [-0.2, -0.15) is 5.26 Å². The van der Waals surface area contributed by atoms with Crippen molar-refractivity contribution < 1.29 is 4.39 Å². The van der Waals surface area contributed by atoms with Crippen molar-refractivity contribution in [2.75, 3.05) is 31.1 Å². The number of anilines is 1.